The average Bonchev–Trinajstić information content (AvgIpc) is 2.67. The zero-order chi connectivity index (χ0) is 20.2. The third-order valence-corrected chi connectivity index (χ3v) is 6.92. The van der Waals surface area contributed by atoms with Crippen LogP contribution >= 0.6 is 0 Å². The molecule has 2 N–H and O–H groups in total. The van der Waals surface area contributed by atoms with Gasteiger partial charge in [-0.25, -0.2) is 13.2 Å². The molecule has 1 unspecified atom stereocenters. The number of nitrogens with zero attached hydrogens (tertiary/aromatic N) is 1. The first kappa shape index (κ1) is 21.3. The van der Waals surface area contributed by atoms with Gasteiger partial charge in [0.1, 0.15) is 0 Å². The predicted octanol–water partition coefficient (Wildman–Crippen LogP) is 1.33. The second-order valence-corrected chi connectivity index (χ2v) is 8.68. The summed E-state index contributed by atoms with van der Waals surface area (Å²) in [5.41, 5.74) is 0.0312. The molecule has 1 heterocycles. The Morgan fingerprint density at radius 2 is 1.74 bits per heavy atom. The molecule has 1 saturated heterocycles. The maximum Gasteiger partial charge on any atom is 0.335 e. The second kappa shape index (κ2) is 8.81. The summed E-state index contributed by atoms with van der Waals surface area (Å²) in [5, 5.41) is 11.8. The van der Waals surface area contributed by atoms with Crippen LogP contribution < -0.4 is 5.32 Å². The molecule has 0 spiro atoms. The lowest BCUT2D eigenvalue weighted by molar-refractivity contribution is -0.127. The molecule has 0 aromatic heterocycles. The first-order chi connectivity index (χ1) is 12.7. The van der Waals surface area contributed by atoms with Crippen molar-refractivity contribution in [2.45, 2.75) is 43.7 Å². The molecule has 8 nitrogen and oxygen atoms in total. The summed E-state index contributed by atoms with van der Waals surface area (Å²) < 4.78 is 32.0. The van der Waals surface area contributed by atoms with E-state index in [9.17, 15) is 18.0 Å². The van der Waals surface area contributed by atoms with Gasteiger partial charge in [-0.15, -0.1) is 0 Å². The molecule has 1 amide bonds. The number of carbonyl (C=O) groups is 2. The van der Waals surface area contributed by atoms with Gasteiger partial charge in [0.2, 0.25) is 15.9 Å². The van der Waals surface area contributed by atoms with Crippen molar-refractivity contribution in [3.8, 4) is 0 Å². The highest BCUT2D eigenvalue weighted by atomic mass is 32.2. The van der Waals surface area contributed by atoms with Crippen LogP contribution in [-0.2, 0) is 19.6 Å². The van der Waals surface area contributed by atoms with Gasteiger partial charge in [0.05, 0.1) is 22.6 Å². The van der Waals surface area contributed by atoms with Gasteiger partial charge in [-0.1, -0.05) is 0 Å². The predicted molar refractivity (Wildman–Crippen MR) is 99.0 cm³/mol. The monoisotopic (exact) mass is 398 g/mol. The largest absolute Gasteiger partial charge is 0.478 e. The van der Waals surface area contributed by atoms with Crippen LogP contribution in [0.1, 0.15) is 37.0 Å². The fraction of sp³-hybridized carbons (Fsp3) is 0.556. The molecule has 0 bridgehead atoms. The molecular formula is C18H26N2O6S. The van der Waals surface area contributed by atoms with Crippen molar-refractivity contribution in [3.05, 3.63) is 29.8 Å². The SMILES string of the molecule is COC(C)[C@H](C)NC(=O)C1CCN(S(=O)(=O)c2ccc(C(=O)O)cc2)CC1. The van der Waals surface area contributed by atoms with Gasteiger partial charge in [0.25, 0.3) is 0 Å². The number of benzene rings is 1. The van der Waals surface area contributed by atoms with Crippen LogP contribution in [0.4, 0.5) is 0 Å². The molecule has 1 aromatic rings. The van der Waals surface area contributed by atoms with E-state index in [1.807, 2.05) is 13.8 Å². The quantitative estimate of drug-likeness (QED) is 0.716. The van der Waals surface area contributed by atoms with Gasteiger partial charge in [0.15, 0.2) is 0 Å². The molecule has 150 valence electrons. The number of carbonyl (C=O) groups excluding carboxylic acids is 1. The van der Waals surface area contributed by atoms with E-state index in [-0.39, 0.29) is 47.5 Å². The van der Waals surface area contributed by atoms with Crippen molar-refractivity contribution < 1.29 is 27.9 Å². The third-order valence-electron chi connectivity index (χ3n) is 5.01. The fourth-order valence-electron chi connectivity index (χ4n) is 2.94. The van der Waals surface area contributed by atoms with Gasteiger partial charge in [0, 0.05) is 26.1 Å². The highest BCUT2D eigenvalue weighted by Crippen LogP contribution is 2.24. The van der Waals surface area contributed by atoms with Crippen LogP contribution in [0.5, 0.6) is 0 Å². The van der Waals surface area contributed by atoms with E-state index in [1.54, 1.807) is 7.11 Å². The number of piperidine rings is 1. The van der Waals surface area contributed by atoms with Crippen molar-refractivity contribution in [1.82, 2.24) is 9.62 Å². The molecule has 2 atom stereocenters. The number of hydrogen-bond donors (Lipinski definition) is 2. The van der Waals surface area contributed by atoms with E-state index in [2.05, 4.69) is 5.32 Å². The van der Waals surface area contributed by atoms with E-state index in [0.29, 0.717) is 12.8 Å². The molecule has 1 aliphatic heterocycles. The summed E-state index contributed by atoms with van der Waals surface area (Å²) in [5.74, 6) is -1.44. The zero-order valence-electron chi connectivity index (χ0n) is 15.7. The van der Waals surface area contributed by atoms with E-state index in [0.717, 1.165) is 0 Å². The average molecular weight is 398 g/mol. The Kier molecular flexibility index (Phi) is 6.96. The Balaban J connectivity index is 1.97. The summed E-state index contributed by atoms with van der Waals surface area (Å²) in [7, 11) is -2.12. The first-order valence-electron chi connectivity index (χ1n) is 8.83. The number of ether oxygens (including phenoxy) is 1. The Bertz CT molecular complexity index is 770. The standard InChI is InChI=1S/C18H26N2O6S/c1-12(13(2)26-3)19-17(21)14-8-10-20(11-9-14)27(24,25)16-6-4-15(5-7-16)18(22)23/h4-7,12-14H,8-11H2,1-3H3,(H,19,21)(H,22,23)/t12-,13?/m0/s1. The van der Waals surface area contributed by atoms with Gasteiger partial charge in [-0.05, 0) is 51.0 Å². The Morgan fingerprint density at radius 1 is 1.19 bits per heavy atom. The molecular weight excluding hydrogens is 372 g/mol. The summed E-state index contributed by atoms with van der Waals surface area (Å²) >= 11 is 0. The Hall–Kier alpha value is -1.97. The van der Waals surface area contributed by atoms with Crippen molar-refractivity contribution in [1.29, 1.82) is 0 Å². The zero-order valence-corrected chi connectivity index (χ0v) is 16.5. The van der Waals surface area contributed by atoms with Crippen molar-refractivity contribution in [2.24, 2.45) is 5.92 Å². The Labute approximate surface area is 159 Å². The summed E-state index contributed by atoms with van der Waals surface area (Å²) in [6.45, 7) is 4.23. The van der Waals surface area contributed by atoms with E-state index in [4.69, 9.17) is 9.84 Å². The summed E-state index contributed by atoms with van der Waals surface area (Å²) in [6.07, 6.45) is 0.766. The lowest BCUT2D eigenvalue weighted by atomic mass is 9.96. The molecule has 2 rings (SSSR count). The van der Waals surface area contributed by atoms with Crippen molar-refractivity contribution >= 4 is 21.9 Å². The number of rotatable bonds is 7. The third kappa shape index (κ3) is 5.06. The molecule has 1 fully saturated rings. The number of amides is 1. The minimum absolute atomic E-state index is 0.0312. The molecule has 1 aliphatic rings. The summed E-state index contributed by atoms with van der Waals surface area (Å²) in [4.78, 5) is 23.3. The number of methoxy groups -OCH3 is 1. The maximum absolute atomic E-state index is 12.7. The topological polar surface area (TPSA) is 113 Å². The molecule has 27 heavy (non-hydrogen) atoms. The second-order valence-electron chi connectivity index (χ2n) is 6.75. The minimum Gasteiger partial charge on any atom is -0.478 e. The van der Waals surface area contributed by atoms with Crippen LogP contribution in [0.2, 0.25) is 0 Å². The maximum atomic E-state index is 12.7. The van der Waals surface area contributed by atoms with E-state index >= 15 is 0 Å². The first-order valence-corrected chi connectivity index (χ1v) is 10.3. The van der Waals surface area contributed by atoms with Crippen LogP contribution in [0.15, 0.2) is 29.2 Å². The molecule has 0 radical (unpaired) electrons. The van der Waals surface area contributed by atoms with E-state index in [1.165, 1.54) is 28.6 Å². The van der Waals surface area contributed by atoms with E-state index < -0.39 is 16.0 Å². The molecule has 0 aliphatic carbocycles. The highest BCUT2D eigenvalue weighted by molar-refractivity contribution is 7.89. The minimum atomic E-state index is -3.71. The Morgan fingerprint density at radius 3 is 2.22 bits per heavy atom. The van der Waals surface area contributed by atoms with Crippen LogP contribution in [-0.4, -0.2) is 62.1 Å². The molecule has 0 saturated carbocycles. The summed E-state index contributed by atoms with van der Waals surface area (Å²) in [6, 6.07) is 5.01. The number of aromatic carboxylic acids is 1. The lowest BCUT2D eigenvalue weighted by Crippen LogP contribution is -2.47. The normalized spacial score (nSPS) is 18.6. The van der Waals surface area contributed by atoms with Gasteiger partial charge < -0.3 is 15.2 Å². The number of carboxylic acids is 1. The number of carboxylic acid groups (broad SMARTS) is 1. The van der Waals surface area contributed by atoms with Gasteiger partial charge in [-0.2, -0.15) is 4.31 Å². The number of nitrogens with one attached hydrogen (secondary N) is 1. The lowest BCUT2D eigenvalue weighted by Gasteiger charge is -2.31. The highest BCUT2D eigenvalue weighted by Gasteiger charge is 2.32. The number of hydrogen-bond acceptors (Lipinski definition) is 5. The smallest absolute Gasteiger partial charge is 0.335 e. The van der Waals surface area contributed by atoms with Crippen molar-refractivity contribution in [2.75, 3.05) is 20.2 Å². The van der Waals surface area contributed by atoms with Gasteiger partial charge in [-0.3, -0.25) is 4.79 Å². The van der Waals surface area contributed by atoms with Crippen LogP contribution in [0.25, 0.3) is 0 Å². The van der Waals surface area contributed by atoms with Crippen LogP contribution in [0.3, 0.4) is 0 Å². The van der Waals surface area contributed by atoms with Gasteiger partial charge >= 0.3 is 5.97 Å². The molecule has 9 heteroatoms. The van der Waals surface area contributed by atoms with Crippen LogP contribution in [0, 0.1) is 5.92 Å². The fourth-order valence-corrected chi connectivity index (χ4v) is 4.41. The van der Waals surface area contributed by atoms with Crippen molar-refractivity contribution in [3.63, 3.8) is 0 Å². The molecule has 1 aromatic carbocycles. The number of sulfonamides is 1.